The van der Waals surface area contributed by atoms with E-state index in [-0.39, 0.29) is 24.0 Å². The number of anilines is 1. The molecule has 2 aliphatic rings. The molecule has 0 atom stereocenters. The fourth-order valence-corrected chi connectivity index (χ4v) is 4.19. The molecule has 2 fully saturated rings. The summed E-state index contributed by atoms with van der Waals surface area (Å²) in [6.07, 6.45) is 5.50. The lowest BCUT2D eigenvalue weighted by molar-refractivity contribution is 0.248. The minimum absolute atomic E-state index is 0. The number of nitrogens with zero attached hydrogens (tertiary/aromatic N) is 4. The third-order valence-corrected chi connectivity index (χ3v) is 5.91. The second kappa shape index (κ2) is 11.7. The van der Waals surface area contributed by atoms with Crippen molar-refractivity contribution >= 4 is 35.6 Å². The molecule has 1 heterocycles. The Bertz CT molecular complexity index is 613. The minimum Gasteiger partial charge on any atom is -0.497 e. The Balaban J connectivity index is 0.00000280. The maximum atomic E-state index is 5.35. The van der Waals surface area contributed by atoms with Gasteiger partial charge in [-0.15, -0.1) is 24.0 Å². The van der Waals surface area contributed by atoms with Crippen molar-refractivity contribution < 1.29 is 4.74 Å². The van der Waals surface area contributed by atoms with E-state index in [2.05, 4.69) is 50.3 Å². The van der Waals surface area contributed by atoms with Crippen molar-refractivity contribution in [2.75, 3.05) is 65.4 Å². The molecule has 7 heteroatoms. The Morgan fingerprint density at radius 1 is 1.21 bits per heavy atom. The predicted molar refractivity (Wildman–Crippen MR) is 128 cm³/mol. The molecule has 0 bridgehead atoms. The lowest BCUT2D eigenvalue weighted by Crippen LogP contribution is -2.53. The largest absolute Gasteiger partial charge is 0.497 e. The number of aliphatic imine (C=N–C) groups is 1. The van der Waals surface area contributed by atoms with E-state index in [1.54, 1.807) is 7.11 Å². The number of guanidine groups is 1. The molecule has 1 aromatic carbocycles. The molecule has 158 valence electrons. The molecular formula is C21H36IN5O. The van der Waals surface area contributed by atoms with Gasteiger partial charge in [0.25, 0.3) is 0 Å². The average molecular weight is 501 g/mol. The fourth-order valence-electron chi connectivity index (χ4n) is 4.19. The maximum Gasteiger partial charge on any atom is 0.193 e. The molecule has 28 heavy (non-hydrogen) atoms. The van der Waals surface area contributed by atoms with Gasteiger partial charge in [-0.2, -0.15) is 0 Å². The van der Waals surface area contributed by atoms with Crippen LogP contribution in [0.5, 0.6) is 5.75 Å². The van der Waals surface area contributed by atoms with Gasteiger partial charge in [-0.25, -0.2) is 0 Å². The Morgan fingerprint density at radius 2 is 1.93 bits per heavy atom. The number of hydrogen-bond donors (Lipinski definition) is 1. The standard InChI is InChI=1S/C21H35N5O.HI/c1-22-21(23-11-12-24(2)18-7-4-5-8-18)26-15-13-25(14-16-26)19-9-6-10-20(17-19)27-3;/h6,9-10,17-18H,4-5,7-8,11-16H2,1-3H3,(H,22,23);1H. The quantitative estimate of drug-likeness (QED) is 0.369. The van der Waals surface area contributed by atoms with Crippen molar-refractivity contribution in [3.05, 3.63) is 24.3 Å². The molecule has 1 saturated heterocycles. The molecular weight excluding hydrogens is 465 g/mol. The van der Waals surface area contributed by atoms with Crippen LogP contribution in [-0.4, -0.2) is 82.3 Å². The summed E-state index contributed by atoms with van der Waals surface area (Å²) in [5.41, 5.74) is 1.23. The summed E-state index contributed by atoms with van der Waals surface area (Å²) < 4.78 is 5.35. The van der Waals surface area contributed by atoms with Crippen molar-refractivity contribution in [3.8, 4) is 5.75 Å². The molecule has 1 N–H and O–H groups in total. The molecule has 0 spiro atoms. The van der Waals surface area contributed by atoms with Crippen molar-refractivity contribution in [2.45, 2.75) is 31.7 Å². The SMILES string of the molecule is CN=C(NCCN(C)C1CCCC1)N1CCN(c2cccc(OC)c2)CC1.I. The molecule has 1 aliphatic heterocycles. The molecule has 3 rings (SSSR count). The Morgan fingerprint density at radius 3 is 2.57 bits per heavy atom. The van der Waals surface area contributed by atoms with Crippen LogP contribution in [-0.2, 0) is 0 Å². The minimum atomic E-state index is 0. The van der Waals surface area contributed by atoms with E-state index in [0.717, 1.165) is 57.0 Å². The first-order valence-electron chi connectivity index (χ1n) is 10.3. The Kier molecular flexibility index (Phi) is 9.64. The molecule has 1 aromatic rings. The highest BCUT2D eigenvalue weighted by Crippen LogP contribution is 2.23. The number of rotatable bonds is 6. The smallest absolute Gasteiger partial charge is 0.193 e. The van der Waals surface area contributed by atoms with Gasteiger partial charge in [0.05, 0.1) is 7.11 Å². The van der Waals surface area contributed by atoms with Crippen LogP contribution in [0.1, 0.15) is 25.7 Å². The van der Waals surface area contributed by atoms with Crippen LogP contribution in [0, 0.1) is 0 Å². The lowest BCUT2D eigenvalue weighted by atomic mass is 10.2. The lowest BCUT2D eigenvalue weighted by Gasteiger charge is -2.38. The third kappa shape index (κ3) is 6.14. The molecule has 0 unspecified atom stereocenters. The van der Waals surface area contributed by atoms with E-state index in [1.165, 1.54) is 31.4 Å². The Hall–Kier alpha value is -1.22. The number of methoxy groups -OCH3 is 1. The first kappa shape index (κ1) is 23.1. The predicted octanol–water partition coefficient (Wildman–Crippen LogP) is 2.89. The number of likely N-dealkylation sites (N-methyl/N-ethyl adjacent to an activating group) is 1. The second-order valence-corrected chi connectivity index (χ2v) is 7.57. The zero-order valence-electron chi connectivity index (χ0n) is 17.6. The molecule has 6 nitrogen and oxygen atoms in total. The Labute approximate surface area is 187 Å². The molecule has 0 radical (unpaired) electrons. The highest BCUT2D eigenvalue weighted by Gasteiger charge is 2.21. The highest BCUT2D eigenvalue weighted by molar-refractivity contribution is 14.0. The van der Waals surface area contributed by atoms with Crippen LogP contribution in [0.25, 0.3) is 0 Å². The van der Waals surface area contributed by atoms with Gasteiger partial charge in [0.1, 0.15) is 5.75 Å². The van der Waals surface area contributed by atoms with E-state index in [0.29, 0.717) is 0 Å². The summed E-state index contributed by atoms with van der Waals surface area (Å²) in [6, 6.07) is 9.10. The van der Waals surface area contributed by atoms with Crippen LogP contribution in [0.15, 0.2) is 29.3 Å². The van der Waals surface area contributed by atoms with E-state index in [1.807, 2.05) is 13.1 Å². The normalized spacial score (nSPS) is 18.4. The summed E-state index contributed by atoms with van der Waals surface area (Å²) in [5, 5.41) is 3.56. The summed E-state index contributed by atoms with van der Waals surface area (Å²) in [6.45, 7) is 5.99. The monoisotopic (exact) mass is 501 g/mol. The van der Waals surface area contributed by atoms with Gasteiger partial charge in [-0.3, -0.25) is 4.99 Å². The van der Waals surface area contributed by atoms with Crippen LogP contribution in [0.4, 0.5) is 5.69 Å². The van der Waals surface area contributed by atoms with Crippen LogP contribution < -0.4 is 15.0 Å². The molecule has 1 aliphatic carbocycles. The fraction of sp³-hybridized carbons (Fsp3) is 0.667. The third-order valence-electron chi connectivity index (χ3n) is 5.91. The number of ether oxygens (including phenoxy) is 1. The van der Waals surface area contributed by atoms with Crippen molar-refractivity contribution in [2.24, 2.45) is 4.99 Å². The summed E-state index contributed by atoms with van der Waals surface area (Å²) in [5.74, 6) is 1.94. The number of halogens is 1. The van der Waals surface area contributed by atoms with Crippen LogP contribution in [0.3, 0.4) is 0 Å². The van der Waals surface area contributed by atoms with Crippen LogP contribution >= 0.6 is 24.0 Å². The van der Waals surface area contributed by atoms with Gasteiger partial charge in [0, 0.05) is 64.1 Å². The van der Waals surface area contributed by atoms with Crippen molar-refractivity contribution in [1.82, 2.24) is 15.1 Å². The van der Waals surface area contributed by atoms with Gasteiger partial charge < -0.3 is 24.8 Å². The summed E-state index contributed by atoms with van der Waals surface area (Å²) >= 11 is 0. The second-order valence-electron chi connectivity index (χ2n) is 7.57. The zero-order valence-corrected chi connectivity index (χ0v) is 19.9. The van der Waals surface area contributed by atoms with Gasteiger partial charge in [0.15, 0.2) is 5.96 Å². The molecule has 1 saturated carbocycles. The van der Waals surface area contributed by atoms with Crippen molar-refractivity contribution in [3.63, 3.8) is 0 Å². The summed E-state index contributed by atoms with van der Waals surface area (Å²) in [7, 11) is 5.86. The number of piperazine rings is 1. The highest BCUT2D eigenvalue weighted by atomic mass is 127. The molecule has 0 aromatic heterocycles. The number of benzene rings is 1. The van der Waals surface area contributed by atoms with Crippen molar-refractivity contribution in [1.29, 1.82) is 0 Å². The van der Waals surface area contributed by atoms with Gasteiger partial charge in [-0.05, 0) is 32.0 Å². The van der Waals surface area contributed by atoms with E-state index in [9.17, 15) is 0 Å². The average Bonchev–Trinajstić information content (AvgIpc) is 3.26. The number of nitrogens with one attached hydrogen (secondary N) is 1. The summed E-state index contributed by atoms with van der Waals surface area (Å²) in [4.78, 5) is 11.8. The van der Waals surface area contributed by atoms with Gasteiger partial charge >= 0.3 is 0 Å². The van der Waals surface area contributed by atoms with E-state index in [4.69, 9.17) is 4.74 Å². The zero-order chi connectivity index (χ0) is 19.1. The first-order valence-corrected chi connectivity index (χ1v) is 10.3. The van der Waals surface area contributed by atoms with E-state index >= 15 is 0 Å². The molecule has 0 amide bonds. The topological polar surface area (TPSA) is 43.3 Å². The van der Waals surface area contributed by atoms with E-state index < -0.39 is 0 Å². The number of hydrogen-bond acceptors (Lipinski definition) is 4. The maximum absolute atomic E-state index is 5.35. The first-order chi connectivity index (χ1) is 13.2. The van der Waals surface area contributed by atoms with Crippen LogP contribution in [0.2, 0.25) is 0 Å². The van der Waals surface area contributed by atoms with Gasteiger partial charge in [-0.1, -0.05) is 18.9 Å². The van der Waals surface area contributed by atoms with Gasteiger partial charge in [0.2, 0.25) is 0 Å².